The highest BCUT2D eigenvalue weighted by atomic mass is 16.3. The van der Waals surface area contributed by atoms with E-state index < -0.39 is 0 Å². The molecule has 3 aromatic carbocycles. The number of hydrogen-bond donors (Lipinski definition) is 2. The Kier molecular flexibility index (Phi) is 6.26. The smallest absolute Gasteiger partial charge is 0.270 e. The highest BCUT2D eigenvalue weighted by molar-refractivity contribution is 6.00. The van der Waals surface area contributed by atoms with E-state index in [1.54, 1.807) is 4.90 Å². The van der Waals surface area contributed by atoms with E-state index in [1.165, 1.54) is 18.4 Å². The predicted octanol–water partition coefficient (Wildman–Crippen LogP) is 4.63. The number of benzene rings is 3. The van der Waals surface area contributed by atoms with Gasteiger partial charge in [0.05, 0.1) is 12.6 Å². The molecule has 4 aromatic rings. The first-order valence-electron chi connectivity index (χ1n) is 13.0. The number of aliphatic hydroxyl groups excluding tert-OH is 1. The number of aliphatic hydroxyl groups is 1. The van der Waals surface area contributed by atoms with Crippen molar-refractivity contribution in [3.05, 3.63) is 107 Å². The lowest BCUT2D eigenvalue weighted by molar-refractivity contribution is -0.139. The van der Waals surface area contributed by atoms with E-state index in [1.807, 2.05) is 53.4 Å². The first-order chi connectivity index (χ1) is 18.1. The topological polar surface area (TPSA) is 76.6 Å². The molecular weight excluding hydrogens is 462 g/mol. The number of carbonyl (C=O) groups is 2. The molecule has 1 aliphatic carbocycles. The van der Waals surface area contributed by atoms with E-state index >= 15 is 0 Å². The summed E-state index contributed by atoms with van der Waals surface area (Å²) < 4.78 is 0. The molecule has 2 aliphatic rings. The van der Waals surface area contributed by atoms with Gasteiger partial charge in [-0.05, 0) is 65.6 Å². The van der Waals surface area contributed by atoms with Gasteiger partial charge >= 0.3 is 0 Å². The fourth-order valence-corrected chi connectivity index (χ4v) is 5.44. The third-order valence-electron chi connectivity index (χ3n) is 7.57. The zero-order valence-corrected chi connectivity index (χ0v) is 20.8. The van der Waals surface area contributed by atoms with E-state index in [0.717, 1.165) is 27.6 Å². The van der Waals surface area contributed by atoms with Gasteiger partial charge in [0, 0.05) is 24.0 Å². The van der Waals surface area contributed by atoms with Crippen LogP contribution in [0.25, 0.3) is 10.9 Å². The van der Waals surface area contributed by atoms with Crippen LogP contribution in [0.3, 0.4) is 0 Å². The molecule has 0 unspecified atom stereocenters. The van der Waals surface area contributed by atoms with Gasteiger partial charge in [0.25, 0.3) is 5.91 Å². The van der Waals surface area contributed by atoms with Crippen molar-refractivity contribution in [2.75, 3.05) is 13.1 Å². The average Bonchev–Trinajstić information content (AvgIpc) is 3.69. The molecule has 6 rings (SSSR count). The number of nitrogens with one attached hydrogen (secondary N) is 1. The quantitative estimate of drug-likeness (QED) is 0.394. The molecule has 1 aliphatic heterocycles. The molecule has 6 heteroatoms. The standard InChI is InChI=1S/C31H31N3O3/c35-20-23-8-4-7-22(13-23)17-34-27(14-21-5-2-1-3-6-21)18-33(19-30(34)36)31(37)29-16-26-15-25(24-9-10-24)11-12-28(26)32-29/h1-8,11-13,15-16,24,27,32,35H,9-10,14,17-20H2/t27-/m0/s1. The Morgan fingerprint density at radius 1 is 0.919 bits per heavy atom. The molecule has 2 heterocycles. The number of carbonyl (C=O) groups excluding carboxylic acids is 2. The number of nitrogens with zero attached hydrogens (tertiary/aromatic N) is 2. The van der Waals surface area contributed by atoms with Crippen LogP contribution in [0.2, 0.25) is 0 Å². The minimum atomic E-state index is -0.156. The molecule has 1 aromatic heterocycles. The molecule has 6 nitrogen and oxygen atoms in total. The number of aromatic nitrogens is 1. The lowest BCUT2D eigenvalue weighted by Crippen LogP contribution is -2.58. The van der Waals surface area contributed by atoms with Gasteiger partial charge in [-0.1, -0.05) is 60.7 Å². The third kappa shape index (κ3) is 5.02. The van der Waals surface area contributed by atoms with Crippen LogP contribution in [0.1, 0.15) is 51.5 Å². The van der Waals surface area contributed by atoms with Crippen molar-refractivity contribution >= 4 is 22.7 Å². The van der Waals surface area contributed by atoms with Gasteiger partial charge in [0.1, 0.15) is 12.2 Å². The number of aromatic amines is 1. The van der Waals surface area contributed by atoms with Crippen molar-refractivity contribution in [2.24, 2.45) is 0 Å². The van der Waals surface area contributed by atoms with Crippen molar-refractivity contribution in [3.8, 4) is 0 Å². The summed E-state index contributed by atoms with van der Waals surface area (Å²) >= 11 is 0. The van der Waals surface area contributed by atoms with E-state index in [2.05, 4.69) is 35.3 Å². The summed E-state index contributed by atoms with van der Waals surface area (Å²) in [7, 11) is 0. The van der Waals surface area contributed by atoms with Gasteiger partial charge in [-0.2, -0.15) is 0 Å². The highest BCUT2D eigenvalue weighted by Crippen LogP contribution is 2.41. The minimum absolute atomic E-state index is 0.0375. The Morgan fingerprint density at radius 3 is 2.49 bits per heavy atom. The Balaban J connectivity index is 1.25. The second-order valence-corrected chi connectivity index (χ2v) is 10.3. The summed E-state index contributed by atoms with van der Waals surface area (Å²) in [6.07, 6.45) is 3.13. The molecule has 2 N–H and O–H groups in total. The lowest BCUT2D eigenvalue weighted by atomic mass is 10.00. The molecule has 2 amide bonds. The lowest BCUT2D eigenvalue weighted by Gasteiger charge is -2.41. The third-order valence-corrected chi connectivity index (χ3v) is 7.57. The normalized spacial score (nSPS) is 18.0. The van der Waals surface area contributed by atoms with E-state index in [0.29, 0.717) is 31.1 Å². The Labute approximate surface area is 216 Å². The number of piperazine rings is 1. The summed E-state index contributed by atoms with van der Waals surface area (Å²) in [5, 5.41) is 10.6. The van der Waals surface area contributed by atoms with Gasteiger partial charge < -0.3 is 19.9 Å². The maximum Gasteiger partial charge on any atom is 0.270 e. The molecule has 0 spiro atoms. The van der Waals surface area contributed by atoms with Crippen LogP contribution in [-0.4, -0.2) is 50.8 Å². The fourth-order valence-electron chi connectivity index (χ4n) is 5.44. The maximum absolute atomic E-state index is 13.6. The van der Waals surface area contributed by atoms with Crippen LogP contribution < -0.4 is 0 Å². The summed E-state index contributed by atoms with van der Waals surface area (Å²) in [5.74, 6) is 0.445. The number of fused-ring (bicyclic) bond motifs is 1. The molecule has 1 saturated carbocycles. The monoisotopic (exact) mass is 493 g/mol. The van der Waals surface area contributed by atoms with Crippen LogP contribution in [0.5, 0.6) is 0 Å². The Bertz CT molecular complexity index is 1440. The maximum atomic E-state index is 13.6. The van der Waals surface area contributed by atoms with E-state index in [-0.39, 0.29) is 31.0 Å². The van der Waals surface area contributed by atoms with Gasteiger partial charge in [-0.25, -0.2) is 0 Å². The number of amides is 2. The number of hydrogen-bond acceptors (Lipinski definition) is 3. The van der Waals surface area contributed by atoms with E-state index in [9.17, 15) is 14.7 Å². The number of H-pyrrole nitrogens is 1. The molecule has 1 saturated heterocycles. The largest absolute Gasteiger partial charge is 0.392 e. The van der Waals surface area contributed by atoms with Crippen LogP contribution in [0.4, 0.5) is 0 Å². The fraction of sp³-hybridized carbons (Fsp3) is 0.290. The van der Waals surface area contributed by atoms with Crippen molar-refractivity contribution < 1.29 is 14.7 Å². The second kappa shape index (κ2) is 9.87. The van der Waals surface area contributed by atoms with Crippen LogP contribution >= 0.6 is 0 Å². The molecule has 0 radical (unpaired) electrons. The highest BCUT2D eigenvalue weighted by Gasteiger charge is 2.35. The number of rotatable bonds is 7. The molecular formula is C31H31N3O3. The van der Waals surface area contributed by atoms with Crippen molar-refractivity contribution in [1.82, 2.24) is 14.8 Å². The van der Waals surface area contributed by atoms with Crippen molar-refractivity contribution in [3.63, 3.8) is 0 Å². The molecule has 188 valence electrons. The summed E-state index contributed by atoms with van der Waals surface area (Å²) in [4.78, 5) is 33.9. The van der Waals surface area contributed by atoms with E-state index in [4.69, 9.17) is 0 Å². The Morgan fingerprint density at radius 2 is 1.70 bits per heavy atom. The van der Waals surface area contributed by atoms with Gasteiger partial charge in [-0.15, -0.1) is 0 Å². The van der Waals surface area contributed by atoms with Gasteiger partial charge in [0.15, 0.2) is 0 Å². The SMILES string of the molecule is O=C(c1cc2cc(C3CC3)ccc2[nH]1)N1CC(=O)N(Cc2cccc(CO)c2)[C@@H](Cc2ccccc2)C1. The Hall–Kier alpha value is -3.90. The van der Waals surface area contributed by atoms with Crippen molar-refractivity contribution in [1.29, 1.82) is 0 Å². The first-order valence-corrected chi connectivity index (χ1v) is 13.0. The molecule has 2 fully saturated rings. The summed E-state index contributed by atoms with van der Waals surface area (Å²) in [6.45, 7) is 0.918. The zero-order chi connectivity index (χ0) is 25.4. The zero-order valence-electron chi connectivity index (χ0n) is 20.8. The second-order valence-electron chi connectivity index (χ2n) is 10.3. The molecule has 37 heavy (non-hydrogen) atoms. The van der Waals surface area contributed by atoms with Gasteiger partial charge in [0.2, 0.25) is 5.91 Å². The summed E-state index contributed by atoms with van der Waals surface area (Å²) in [6, 6.07) is 25.9. The average molecular weight is 494 g/mol. The predicted molar refractivity (Wildman–Crippen MR) is 143 cm³/mol. The summed E-state index contributed by atoms with van der Waals surface area (Å²) in [5.41, 5.74) is 5.73. The van der Waals surface area contributed by atoms with Crippen LogP contribution in [-0.2, 0) is 24.4 Å². The van der Waals surface area contributed by atoms with Crippen molar-refractivity contribution in [2.45, 2.75) is 44.4 Å². The first kappa shape index (κ1) is 23.5. The van der Waals surface area contributed by atoms with Crippen LogP contribution in [0.15, 0.2) is 78.9 Å². The van der Waals surface area contributed by atoms with Crippen LogP contribution in [0, 0.1) is 0 Å². The van der Waals surface area contributed by atoms with Gasteiger partial charge in [-0.3, -0.25) is 9.59 Å². The molecule has 0 bridgehead atoms. The minimum Gasteiger partial charge on any atom is -0.392 e. The molecule has 1 atom stereocenters.